The topological polar surface area (TPSA) is 38.3 Å². The fourth-order valence-electron chi connectivity index (χ4n) is 2.30. The van der Waals surface area contributed by atoms with Gasteiger partial charge in [-0.3, -0.25) is 4.79 Å². The third-order valence-corrected chi connectivity index (χ3v) is 2.94. The normalized spacial score (nSPS) is 29.3. The summed E-state index contributed by atoms with van der Waals surface area (Å²) >= 11 is 0. The molecular formula is C11H11NO2. The molecule has 1 unspecified atom stereocenters. The van der Waals surface area contributed by atoms with Crippen LogP contribution >= 0.6 is 0 Å². The summed E-state index contributed by atoms with van der Waals surface area (Å²) in [6.45, 7) is 0.731. The van der Waals surface area contributed by atoms with E-state index in [2.05, 4.69) is 5.32 Å². The van der Waals surface area contributed by atoms with E-state index in [9.17, 15) is 4.79 Å². The van der Waals surface area contributed by atoms with Crippen LogP contribution in [0.2, 0.25) is 0 Å². The lowest BCUT2D eigenvalue weighted by molar-refractivity contribution is -0.0164. The zero-order valence-corrected chi connectivity index (χ0v) is 7.75. The Balaban J connectivity index is 2.18. The van der Waals surface area contributed by atoms with Crippen molar-refractivity contribution in [1.82, 2.24) is 5.32 Å². The highest BCUT2D eigenvalue weighted by molar-refractivity contribution is 5.99. The van der Waals surface area contributed by atoms with Gasteiger partial charge in [0.2, 0.25) is 0 Å². The standard InChI is InChI=1S/C11H11NO2/c13-10-8-4-1-2-5-9(8)11(12-10)6-3-7-14-11/h1-2,4-5H,3,6-7H2,(H,12,13). The number of hydrogen-bond acceptors (Lipinski definition) is 2. The highest BCUT2D eigenvalue weighted by Gasteiger charge is 2.45. The molecular weight excluding hydrogens is 178 g/mol. The summed E-state index contributed by atoms with van der Waals surface area (Å²) in [5.41, 5.74) is 1.25. The van der Waals surface area contributed by atoms with Crippen LogP contribution in [0.1, 0.15) is 28.8 Å². The summed E-state index contributed by atoms with van der Waals surface area (Å²) in [7, 11) is 0. The summed E-state index contributed by atoms with van der Waals surface area (Å²) in [5.74, 6) is -0.0116. The zero-order chi connectivity index (χ0) is 9.60. The van der Waals surface area contributed by atoms with Gasteiger partial charge in [0, 0.05) is 17.5 Å². The number of carbonyl (C=O) groups excluding carboxylic acids is 1. The fraction of sp³-hybridized carbons (Fsp3) is 0.364. The summed E-state index contributed by atoms with van der Waals surface area (Å²) in [6, 6.07) is 7.65. The maximum atomic E-state index is 11.6. The van der Waals surface area contributed by atoms with Crippen molar-refractivity contribution >= 4 is 5.91 Å². The van der Waals surface area contributed by atoms with Crippen LogP contribution in [0.25, 0.3) is 0 Å². The van der Waals surface area contributed by atoms with E-state index < -0.39 is 5.72 Å². The number of hydrogen-bond donors (Lipinski definition) is 1. The van der Waals surface area contributed by atoms with Gasteiger partial charge in [0.15, 0.2) is 5.72 Å². The fourth-order valence-corrected chi connectivity index (χ4v) is 2.30. The van der Waals surface area contributed by atoms with Crippen molar-refractivity contribution in [2.75, 3.05) is 6.61 Å². The Bertz CT molecular complexity index is 394. The van der Waals surface area contributed by atoms with E-state index in [0.717, 1.165) is 30.6 Å². The number of nitrogens with one attached hydrogen (secondary N) is 1. The van der Waals surface area contributed by atoms with Crippen molar-refractivity contribution in [3.8, 4) is 0 Å². The van der Waals surface area contributed by atoms with Crippen molar-refractivity contribution in [3.63, 3.8) is 0 Å². The molecule has 1 amide bonds. The molecule has 3 heteroatoms. The van der Waals surface area contributed by atoms with Crippen LogP contribution in [0.4, 0.5) is 0 Å². The van der Waals surface area contributed by atoms with Gasteiger partial charge in [-0.15, -0.1) is 0 Å². The molecule has 1 fully saturated rings. The maximum Gasteiger partial charge on any atom is 0.254 e. The second-order valence-electron chi connectivity index (χ2n) is 3.78. The molecule has 0 aromatic heterocycles. The first kappa shape index (κ1) is 8.00. The van der Waals surface area contributed by atoms with Crippen LogP contribution < -0.4 is 5.32 Å². The van der Waals surface area contributed by atoms with Crippen molar-refractivity contribution in [2.45, 2.75) is 18.6 Å². The molecule has 1 aromatic carbocycles. The first-order valence-electron chi connectivity index (χ1n) is 4.88. The number of fused-ring (bicyclic) bond motifs is 2. The SMILES string of the molecule is O=C1NC2(CCCO2)c2ccccc21. The van der Waals surface area contributed by atoms with Gasteiger partial charge >= 0.3 is 0 Å². The van der Waals surface area contributed by atoms with Crippen LogP contribution in [-0.2, 0) is 10.5 Å². The minimum atomic E-state index is -0.506. The van der Waals surface area contributed by atoms with Gasteiger partial charge in [0.25, 0.3) is 5.91 Å². The van der Waals surface area contributed by atoms with Gasteiger partial charge in [0.05, 0.1) is 6.61 Å². The molecule has 3 rings (SSSR count). The Morgan fingerprint density at radius 1 is 1.36 bits per heavy atom. The van der Waals surface area contributed by atoms with Crippen molar-refractivity contribution in [1.29, 1.82) is 0 Å². The molecule has 2 aliphatic heterocycles. The first-order valence-corrected chi connectivity index (χ1v) is 4.88. The minimum absolute atomic E-state index is 0.0116. The third-order valence-electron chi connectivity index (χ3n) is 2.94. The molecule has 0 bridgehead atoms. The van der Waals surface area contributed by atoms with E-state index in [1.807, 2.05) is 24.3 Å². The molecule has 72 valence electrons. The van der Waals surface area contributed by atoms with E-state index in [0.29, 0.717) is 0 Å². The molecule has 0 aliphatic carbocycles. The number of amides is 1. The quantitative estimate of drug-likeness (QED) is 0.669. The van der Waals surface area contributed by atoms with Crippen LogP contribution in [0.3, 0.4) is 0 Å². The Morgan fingerprint density at radius 3 is 3.00 bits per heavy atom. The molecule has 1 saturated heterocycles. The van der Waals surface area contributed by atoms with Gasteiger partial charge in [-0.05, 0) is 12.5 Å². The van der Waals surface area contributed by atoms with E-state index in [-0.39, 0.29) is 5.91 Å². The molecule has 3 nitrogen and oxygen atoms in total. The lowest BCUT2D eigenvalue weighted by atomic mass is 9.99. The van der Waals surface area contributed by atoms with Crippen molar-refractivity contribution < 1.29 is 9.53 Å². The summed E-state index contributed by atoms with van der Waals surface area (Å²) in [6.07, 6.45) is 1.89. The highest BCUT2D eigenvalue weighted by Crippen LogP contribution is 2.39. The molecule has 0 radical (unpaired) electrons. The molecule has 1 atom stereocenters. The minimum Gasteiger partial charge on any atom is -0.351 e. The van der Waals surface area contributed by atoms with E-state index in [1.165, 1.54) is 0 Å². The summed E-state index contributed by atoms with van der Waals surface area (Å²) < 4.78 is 5.67. The van der Waals surface area contributed by atoms with Crippen LogP contribution in [-0.4, -0.2) is 12.5 Å². The van der Waals surface area contributed by atoms with E-state index in [1.54, 1.807) is 0 Å². The molecule has 0 saturated carbocycles. The van der Waals surface area contributed by atoms with Gasteiger partial charge in [-0.25, -0.2) is 0 Å². The average molecular weight is 189 g/mol. The Morgan fingerprint density at radius 2 is 2.21 bits per heavy atom. The van der Waals surface area contributed by atoms with Crippen LogP contribution in [0.5, 0.6) is 0 Å². The monoisotopic (exact) mass is 189 g/mol. The number of rotatable bonds is 0. The third kappa shape index (κ3) is 0.876. The lowest BCUT2D eigenvalue weighted by Gasteiger charge is -2.23. The lowest BCUT2D eigenvalue weighted by Crippen LogP contribution is -2.38. The van der Waals surface area contributed by atoms with Gasteiger partial charge in [-0.2, -0.15) is 0 Å². The zero-order valence-electron chi connectivity index (χ0n) is 7.75. The Labute approximate surface area is 82.1 Å². The second-order valence-corrected chi connectivity index (χ2v) is 3.78. The number of ether oxygens (including phenoxy) is 1. The highest BCUT2D eigenvalue weighted by atomic mass is 16.5. The summed E-state index contributed by atoms with van der Waals surface area (Å²) in [5, 5.41) is 2.93. The van der Waals surface area contributed by atoms with Gasteiger partial charge in [0.1, 0.15) is 0 Å². The molecule has 2 aliphatic rings. The molecule has 2 heterocycles. The van der Waals surface area contributed by atoms with Crippen molar-refractivity contribution in [2.24, 2.45) is 0 Å². The summed E-state index contributed by atoms with van der Waals surface area (Å²) in [4.78, 5) is 11.6. The van der Waals surface area contributed by atoms with Gasteiger partial charge < -0.3 is 10.1 Å². The van der Waals surface area contributed by atoms with Crippen molar-refractivity contribution in [3.05, 3.63) is 35.4 Å². The van der Waals surface area contributed by atoms with Crippen LogP contribution in [0, 0.1) is 0 Å². The van der Waals surface area contributed by atoms with E-state index >= 15 is 0 Å². The van der Waals surface area contributed by atoms with Gasteiger partial charge in [-0.1, -0.05) is 18.2 Å². The first-order chi connectivity index (χ1) is 6.82. The smallest absolute Gasteiger partial charge is 0.254 e. The number of benzene rings is 1. The molecule has 1 aromatic rings. The predicted octanol–water partition coefficient (Wildman–Crippen LogP) is 1.39. The largest absolute Gasteiger partial charge is 0.351 e. The number of carbonyl (C=O) groups is 1. The Kier molecular flexibility index (Phi) is 1.47. The van der Waals surface area contributed by atoms with E-state index in [4.69, 9.17) is 4.74 Å². The average Bonchev–Trinajstić information content (AvgIpc) is 2.77. The second kappa shape index (κ2) is 2.58. The Hall–Kier alpha value is -1.35. The molecule has 14 heavy (non-hydrogen) atoms. The molecule has 1 N–H and O–H groups in total. The predicted molar refractivity (Wildman–Crippen MR) is 50.8 cm³/mol. The molecule has 1 spiro atoms. The van der Waals surface area contributed by atoms with Crippen LogP contribution in [0.15, 0.2) is 24.3 Å². The maximum absolute atomic E-state index is 11.6.